The number of Topliss-reactive ketones (excluding diaryl/α,β-unsaturated/α-hetero) is 1. The van der Waals surface area contributed by atoms with Crippen LogP contribution in [0.2, 0.25) is 0 Å². The summed E-state index contributed by atoms with van der Waals surface area (Å²) in [5.41, 5.74) is 0.111. The first-order chi connectivity index (χ1) is 11.5. The Morgan fingerprint density at radius 1 is 1.08 bits per heavy atom. The summed E-state index contributed by atoms with van der Waals surface area (Å²) in [5.74, 6) is -0.584. The molecule has 1 aliphatic heterocycles. The lowest BCUT2D eigenvalue weighted by Crippen LogP contribution is -2.37. The molecule has 0 aromatic heterocycles. The van der Waals surface area contributed by atoms with E-state index in [9.17, 15) is 9.59 Å². The molecule has 5 nitrogen and oxygen atoms in total. The molecule has 0 amide bonds. The number of anilines is 1. The molecule has 0 unspecified atom stereocenters. The standard InChI is InChI=1S/C19H19NO4/c1-19(18(22)23-2)13-16(17(21)14-9-5-3-6-10-14)20(24-19)15-11-7-4-8-12-15/h3-12,16H,13H2,1-2H3/t16-,19-/m1/s1. The average molecular weight is 325 g/mol. The van der Waals surface area contributed by atoms with E-state index in [0.29, 0.717) is 5.56 Å². The minimum absolute atomic E-state index is 0.0907. The molecular weight excluding hydrogens is 306 g/mol. The fraction of sp³-hybridized carbons (Fsp3) is 0.263. The molecular formula is C19H19NO4. The van der Waals surface area contributed by atoms with Crippen LogP contribution in [0.1, 0.15) is 23.7 Å². The van der Waals surface area contributed by atoms with Crippen LogP contribution in [0, 0.1) is 0 Å². The van der Waals surface area contributed by atoms with Gasteiger partial charge in [0.2, 0.25) is 0 Å². The Labute approximate surface area is 140 Å². The number of ketones is 1. The highest BCUT2D eigenvalue weighted by Crippen LogP contribution is 2.36. The Morgan fingerprint density at radius 3 is 2.25 bits per heavy atom. The first-order valence-corrected chi connectivity index (χ1v) is 7.76. The highest BCUT2D eigenvalue weighted by molar-refractivity contribution is 6.02. The quantitative estimate of drug-likeness (QED) is 0.639. The van der Waals surface area contributed by atoms with Crippen molar-refractivity contribution in [1.82, 2.24) is 0 Å². The molecule has 3 rings (SSSR count). The Kier molecular flexibility index (Phi) is 4.36. The number of carbonyl (C=O) groups excluding carboxylic acids is 2. The van der Waals surface area contributed by atoms with Gasteiger partial charge in [-0.25, -0.2) is 9.86 Å². The average Bonchev–Trinajstić information content (AvgIpc) is 3.01. The lowest BCUT2D eigenvalue weighted by atomic mass is 9.93. The molecule has 0 N–H and O–H groups in total. The van der Waals surface area contributed by atoms with Crippen molar-refractivity contribution in [2.75, 3.05) is 12.2 Å². The minimum Gasteiger partial charge on any atom is -0.467 e. The predicted molar refractivity (Wildman–Crippen MR) is 89.6 cm³/mol. The van der Waals surface area contributed by atoms with Gasteiger partial charge in [-0.2, -0.15) is 0 Å². The smallest absolute Gasteiger partial charge is 0.340 e. The maximum absolute atomic E-state index is 13.0. The van der Waals surface area contributed by atoms with E-state index in [4.69, 9.17) is 9.57 Å². The molecule has 0 bridgehead atoms. The SMILES string of the molecule is COC(=O)[C@@]1(C)C[C@H](C(=O)c2ccccc2)N(c2ccccc2)O1. The van der Waals surface area contributed by atoms with Crippen LogP contribution in [-0.2, 0) is 14.4 Å². The van der Waals surface area contributed by atoms with Gasteiger partial charge in [0, 0.05) is 12.0 Å². The second-order valence-electron chi connectivity index (χ2n) is 5.93. The van der Waals surface area contributed by atoms with Crippen molar-refractivity contribution in [3.63, 3.8) is 0 Å². The highest BCUT2D eigenvalue weighted by atomic mass is 16.7. The van der Waals surface area contributed by atoms with Crippen LogP contribution >= 0.6 is 0 Å². The molecule has 1 heterocycles. The van der Waals surface area contributed by atoms with Crippen LogP contribution in [-0.4, -0.2) is 30.5 Å². The summed E-state index contributed by atoms with van der Waals surface area (Å²) in [4.78, 5) is 31.0. The van der Waals surface area contributed by atoms with Crippen LogP contribution in [0.25, 0.3) is 0 Å². The largest absolute Gasteiger partial charge is 0.467 e. The number of para-hydroxylation sites is 1. The van der Waals surface area contributed by atoms with Crippen LogP contribution in [0.4, 0.5) is 5.69 Å². The fourth-order valence-electron chi connectivity index (χ4n) is 2.91. The second kappa shape index (κ2) is 6.45. The van der Waals surface area contributed by atoms with E-state index in [2.05, 4.69) is 0 Å². The minimum atomic E-state index is -1.19. The number of rotatable bonds is 4. The van der Waals surface area contributed by atoms with Crippen molar-refractivity contribution in [1.29, 1.82) is 0 Å². The van der Waals surface area contributed by atoms with E-state index in [-0.39, 0.29) is 12.2 Å². The molecule has 2 atom stereocenters. The van der Waals surface area contributed by atoms with Gasteiger partial charge in [0.15, 0.2) is 11.4 Å². The number of hydrogen-bond donors (Lipinski definition) is 0. The van der Waals surface area contributed by atoms with Crippen LogP contribution in [0.3, 0.4) is 0 Å². The van der Waals surface area contributed by atoms with Crippen LogP contribution in [0.15, 0.2) is 60.7 Å². The van der Waals surface area contributed by atoms with Crippen LogP contribution in [0.5, 0.6) is 0 Å². The Morgan fingerprint density at radius 2 is 1.67 bits per heavy atom. The lowest BCUT2D eigenvalue weighted by Gasteiger charge is -2.25. The summed E-state index contributed by atoms with van der Waals surface area (Å²) < 4.78 is 4.85. The summed E-state index contributed by atoms with van der Waals surface area (Å²) in [6, 6.07) is 17.7. The van der Waals surface area contributed by atoms with E-state index in [1.807, 2.05) is 48.5 Å². The zero-order chi connectivity index (χ0) is 17.2. The number of carbonyl (C=O) groups is 2. The van der Waals surface area contributed by atoms with Gasteiger partial charge in [-0.05, 0) is 19.1 Å². The summed E-state index contributed by atoms with van der Waals surface area (Å²) in [7, 11) is 1.32. The molecule has 2 aromatic carbocycles. The predicted octanol–water partition coefficient (Wildman–Crippen LogP) is 3.01. The van der Waals surface area contributed by atoms with Gasteiger partial charge in [-0.15, -0.1) is 0 Å². The molecule has 0 spiro atoms. The van der Waals surface area contributed by atoms with Gasteiger partial charge in [-0.3, -0.25) is 9.63 Å². The molecule has 24 heavy (non-hydrogen) atoms. The first kappa shape index (κ1) is 16.2. The van der Waals surface area contributed by atoms with E-state index < -0.39 is 17.6 Å². The van der Waals surface area contributed by atoms with Crippen molar-refractivity contribution >= 4 is 17.4 Å². The van der Waals surface area contributed by atoms with Crippen molar-refractivity contribution in [3.8, 4) is 0 Å². The number of hydrogen-bond acceptors (Lipinski definition) is 5. The molecule has 5 heteroatoms. The Balaban J connectivity index is 1.97. The molecule has 124 valence electrons. The third kappa shape index (κ3) is 2.90. The molecule has 1 saturated heterocycles. The zero-order valence-electron chi connectivity index (χ0n) is 13.6. The number of methoxy groups -OCH3 is 1. The molecule has 1 fully saturated rings. The van der Waals surface area contributed by atoms with Crippen molar-refractivity contribution in [2.45, 2.75) is 25.0 Å². The number of ether oxygens (including phenoxy) is 1. The van der Waals surface area contributed by atoms with Crippen molar-refractivity contribution < 1.29 is 19.2 Å². The molecule has 0 aliphatic carbocycles. The number of benzene rings is 2. The third-order valence-electron chi connectivity index (χ3n) is 4.15. The third-order valence-corrected chi connectivity index (χ3v) is 4.15. The van der Waals surface area contributed by atoms with E-state index in [0.717, 1.165) is 5.69 Å². The maximum atomic E-state index is 13.0. The van der Waals surface area contributed by atoms with Gasteiger partial charge in [0.05, 0.1) is 12.8 Å². The fourth-order valence-corrected chi connectivity index (χ4v) is 2.91. The van der Waals surface area contributed by atoms with Gasteiger partial charge in [-0.1, -0.05) is 48.5 Å². The van der Waals surface area contributed by atoms with Gasteiger partial charge in [0.25, 0.3) is 0 Å². The molecule has 1 aliphatic rings. The summed E-state index contributed by atoms with van der Waals surface area (Å²) in [6.45, 7) is 1.65. The zero-order valence-corrected chi connectivity index (χ0v) is 13.6. The summed E-state index contributed by atoms with van der Waals surface area (Å²) in [6.07, 6.45) is 0.224. The molecule has 0 radical (unpaired) electrons. The summed E-state index contributed by atoms with van der Waals surface area (Å²) in [5, 5.41) is 1.52. The number of hydroxylamine groups is 1. The number of nitrogens with zero attached hydrogens (tertiary/aromatic N) is 1. The normalized spacial score (nSPS) is 23.1. The lowest BCUT2D eigenvalue weighted by molar-refractivity contribution is -0.163. The van der Waals surface area contributed by atoms with Crippen LogP contribution < -0.4 is 5.06 Å². The molecule has 2 aromatic rings. The van der Waals surface area contributed by atoms with E-state index in [1.165, 1.54) is 12.2 Å². The van der Waals surface area contributed by atoms with E-state index >= 15 is 0 Å². The Bertz CT molecular complexity index is 732. The van der Waals surface area contributed by atoms with Gasteiger partial charge < -0.3 is 4.74 Å². The second-order valence-corrected chi connectivity index (χ2v) is 5.93. The van der Waals surface area contributed by atoms with Crippen molar-refractivity contribution in [2.24, 2.45) is 0 Å². The van der Waals surface area contributed by atoms with Crippen molar-refractivity contribution in [3.05, 3.63) is 66.2 Å². The first-order valence-electron chi connectivity index (χ1n) is 7.76. The summed E-state index contributed by atoms with van der Waals surface area (Å²) >= 11 is 0. The topological polar surface area (TPSA) is 55.8 Å². The van der Waals surface area contributed by atoms with E-state index in [1.54, 1.807) is 19.1 Å². The number of esters is 1. The monoisotopic (exact) mass is 325 g/mol. The van der Waals surface area contributed by atoms with Gasteiger partial charge >= 0.3 is 5.97 Å². The molecule has 0 saturated carbocycles. The highest BCUT2D eigenvalue weighted by Gasteiger charge is 2.51. The Hall–Kier alpha value is -2.66. The van der Waals surface area contributed by atoms with Gasteiger partial charge in [0.1, 0.15) is 6.04 Å². The maximum Gasteiger partial charge on any atom is 0.340 e.